The summed E-state index contributed by atoms with van der Waals surface area (Å²) in [5, 5.41) is 8.80. The molecule has 1 aliphatic heterocycles. The van der Waals surface area contributed by atoms with Crippen LogP contribution >= 0.6 is 37.2 Å². The van der Waals surface area contributed by atoms with E-state index in [0.717, 1.165) is 12.3 Å². The molecule has 244 valence electrons. The van der Waals surface area contributed by atoms with E-state index in [0.29, 0.717) is 16.7 Å². The van der Waals surface area contributed by atoms with Crippen LogP contribution in [0.5, 0.6) is 0 Å². The molecule has 1 saturated heterocycles. The molecule has 1 fully saturated rings. The first-order valence-corrected chi connectivity index (χ1v) is 17.7. The van der Waals surface area contributed by atoms with E-state index >= 15 is 4.39 Å². The number of phosphoric acid groups is 2. The number of esters is 1. The monoisotopic (exact) mass is 697 g/mol. The van der Waals surface area contributed by atoms with Gasteiger partial charge in [0.15, 0.2) is 19.0 Å². The highest BCUT2D eigenvalue weighted by atomic mass is 33.1. The molecule has 0 aromatic carbocycles. The number of hydrogen-bond donors (Lipinski definition) is 5. The molecule has 2 heterocycles. The molecular weight excluding hydrogens is 667 g/mol. The zero-order chi connectivity index (χ0) is 32.3. The molecule has 0 saturated carbocycles. The van der Waals surface area contributed by atoms with Crippen molar-refractivity contribution in [1.82, 2.24) is 9.55 Å². The Morgan fingerprint density at radius 1 is 1.26 bits per heavy atom. The topological polar surface area (TPSA) is 247 Å². The van der Waals surface area contributed by atoms with Gasteiger partial charge in [0.2, 0.25) is 0 Å². The third kappa shape index (κ3) is 11.7. The summed E-state index contributed by atoms with van der Waals surface area (Å²) in [6.07, 6.45) is -6.89. The summed E-state index contributed by atoms with van der Waals surface area (Å²) in [6.45, 7) is 6.10. The molecule has 1 aliphatic rings. The molecule has 0 spiro atoms. The van der Waals surface area contributed by atoms with Gasteiger partial charge in [-0.15, -0.1) is 0 Å². The average molecular weight is 698 g/mol. The molecule has 0 bridgehead atoms. The third-order valence-corrected chi connectivity index (χ3v) is 8.95. The van der Waals surface area contributed by atoms with Gasteiger partial charge in [0.1, 0.15) is 24.8 Å². The lowest BCUT2D eigenvalue weighted by atomic mass is 10.0. The Bertz CT molecular complexity index is 1320. The van der Waals surface area contributed by atoms with E-state index in [2.05, 4.69) is 9.37 Å². The normalized spacial score (nSPS) is 23.3. The van der Waals surface area contributed by atoms with E-state index in [1.165, 1.54) is 28.5 Å². The first kappa shape index (κ1) is 37.6. The maximum Gasteiger partial charge on any atom is 0.472 e. The quantitative estimate of drug-likeness (QED) is 0.0327. The SMILES string of the molecule is [C-]#[N+]C(COCSSCCCO)(COP(=O)(O)OC[C@H]1O[C@@H](n2ccc(=O)[nH]c2=O)[C@@H](F)C1OP(=O)(O)O)C(=O)OCC. The second-order valence-corrected chi connectivity index (χ2v) is 13.6. The van der Waals surface area contributed by atoms with Crippen LogP contribution in [0.3, 0.4) is 0 Å². The Balaban J connectivity index is 2.12. The summed E-state index contributed by atoms with van der Waals surface area (Å²) in [5.74, 6) is -0.503. The Labute approximate surface area is 251 Å². The number of carbonyl (C=O) groups is 1. The van der Waals surface area contributed by atoms with Crippen LogP contribution in [0, 0.1) is 6.57 Å². The molecule has 5 N–H and O–H groups in total. The first-order valence-electron chi connectivity index (χ1n) is 12.1. The number of H-pyrrole nitrogens is 1. The summed E-state index contributed by atoms with van der Waals surface area (Å²) >= 11 is 0. The van der Waals surface area contributed by atoms with Gasteiger partial charge in [-0.25, -0.2) is 29.7 Å². The minimum atomic E-state index is -5.37. The molecule has 0 amide bonds. The van der Waals surface area contributed by atoms with Gasteiger partial charge in [0.05, 0.1) is 13.2 Å². The number of ether oxygens (including phenoxy) is 3. The standard InChI is InChI=1S/C20H30FN3O15P2S2/c1-3-35-18(27)20(22-2,10-34-12-43-42-8-4-7-25)11-37-41(32,33)36-9-13-16(39-40(29,30)31)15(21)17(38-13)24-6-5-14(26)23-19(24)28/h5-6,13,15-17,25H,3-4,7-12H2,1H3,(H,32,33)(H,23,26,28)(H2,29,30,31)/t13-,15+,16?,17-,20?/m1/s1. The second kappa shape index (κ2) is 17.2. The highest BCUT2D eigenvalue weighted by molar-refractivity contribution is 8.76. The van der Waals surface area contributed by atoms with Crippen LogP contribution in [0.4, 0.5) is 4.39 Å². The number of hydrogen-bond acceptors (Lipinski definition) is 14. The Morgan fingerprint density at radius 2 is 1.98 bits per heavy atom. The number of carbonyl (C=O) groups excluding carboxylic acids is 1. The maximum absolute atomic E-state index is 15.2. The van der Waals surface area contributed by atoms with Gasteiger partial charge in [0, 0.05) is 24.6 Å². The van der Waals surface area contributed by atoms with Crippen molar-refractivity contribution in [3.8, 4) is 0 Å². The first-order chi connectivity index (χ1) is 20.2. The van der Waals surface area contributed by atoms with Crippen LogP contribution in [0.15, 0.2) is 21.9 Å². The number of halogens is 1. The number of phosphoric ester groups is 2. The summed E-state index contributed by atoms with van der Waals surface area (Å²) in [7, 11) is -7.96. The highest BCUT2D eigenvalue weighted by Gasteiger charge is 2.52. The number of aliphatic hydroxyl groups excluding tert-OH is 1. The zero-order valence-corrected chi connectivity index (χ0v) is 25.8. The summed E-state index contributed by atoms with van der Waals surface area (Å²) in [6, 6.07) is 0.849. The van der Waals surface area contributed by atoms with Gasteiger partial charge >= 0.3 is 32.8 Å². The number of aromatic nitrogens is 2. The van der Waals surface area contributed by atoms with Crippen molar-refractivity contribution in [3.63, 3.8) is 0 Å². The van der Waals surface area contributed by atoms with Gasteiger partial charge < -0.3 is 34.0 Å². The van der Waals surface area contributed by atoms with Crippen LogP contribution in [-0.4, -0.2) is 104 Å². The van der Waals surface area contributed by atoms with Crippen LogP contribution in [0.1, 0.15) is 19.6 Å². The van der Waals surface area contributed by atoms with Crippen LogP contribution in [-0.2, 0) is 41.7 Å². The summed E-state index contributed by atoms with van der Waals surface area (Å²) in [4.78, 5) is 69.7. The van der Waals surface area contributed by atoms with Crippen molar-refractivity contribution in [1.29, 1.82) is 0 Å². The molecule has 23 heteroatoms. The Hall–Kier alpha value is -1.63. The van der Waals surface area contributed by atoms with Crippen molar-refractivity contribution in [2.45, 2.75) is 43.5 Å². The fraction of sp³-hybridized carbons (Fsp3) is 0.700. The molecule has 2 rings (SSSR count). The van der Waals surface area contributed by atoms with Gasteiger partial charge in [-0.1, -0.05) is 21.6 Å². The minimum absolute atomic E-state index is 0.00396. The average Bonchev–Trinajstić information content (AvgIpc) is 3.22. The number of aromatic amines is 1. The van der Waals surface area contributed by atoms with Crippen LogP contribution < -0.4 is 11.2 Å². The van der Waals surface area contributed by atoms with E-state index in [-0.39, 0.29) is 19.2 Å². The van der Waals surface area contributed by atoms with E-state index in [1.807, 2.05) is 4.98 Å². The van der Waals surface area contributed by atoms with Crippen molar-refractivity contribution >= 4 is 43.2 Å². The molecule has 18 nitrogen and oxygen atoms in total. The molecule has 0 aliphatic carbocycles. The predicted octanol–water partition coefficient (Wildman–Crippen LogP) is 0.343. The zero-order valence-electron chi connectivity index (χ0n) is 22.4. The Kier molecular flexibility index (Phi) is 15.0. The van der Waals surface area contributed by atoms with Gasteiger partial charge in [-0.3, -0.25) is 32.8 Å². The molecule has 1 aromatic heterocycles. The van der Waals surface area contributed by atoms with Crippen LogP contribution in [0.2, 0.25) is 0 Å². The van der Waals surface area contributed by atoms with Crippen molar-refractivity contribution in [2.24, 2.45) is 0 Å². The number of rotatable bonds is 19. The van der Waals surface area contributed by atoms with Gasteiger partial charge in [-0.05, 0) is 13.3 Å². The van der Waals surface area contributed by atoms with Crippen molar-refractivity contribution in [2.75, 3.05) is 44.7 Å². The van der Waals surface area contributed by atoms with E-state index in [1.54, 1.807) is 0 Å². The molecule has 6 atom stereocenters. The highest BCUT2D eigenvalue weighted by Crippen LogP contribution is 2.48. The van der Waals surface area contributed by atoms with Crippen LogP contribution in [0.25, 0.3) is 4.85 Å². The van der Waals surface area contributed by atoms with Gasteiger partial charge in [0.25, 0.3) is 5.56 Å². The van der Waals surface area contributed by atoms with E-state index < -0.39 is 82.8 Å². The molecule has 43 heavy (non-hydrogen) atoms. The molecule has 0 radical (unpaired) electrons. The lowest BCUT2D eigenvalue weighted by Crippen LogP contribution is -2.45. The second-order valence-electron chi connectivity index (χ2n) is 8.47. The number of aliphatic hydroxyl groups is 1. The molecule has 1 aromatic rings. The lowest BCUT2D eigenvalue weighted by molar-refractivity contribution is -0.151. The largest absolute Gasteiger partial charge is 0.472 e. The predicted molar refractivity (Wildman–Crippen MR) is 147 cm³/mol. The Morgan fingerprint density at radius 3 is 2.58 bits per heavy atom. The smallest absolute Gasteiger partial charge is 0.460 e. The third-order valence-electron chi connectivity index (χ3n) is 5.33. The molecule has 3 unspecified atom stereocenters. The number of nitrogens with zero attached hydrogens (tertiary/aromatic N) is 2. The summed E-state index contributed by atoms with van der Waals surface area (Å²) < 4.78 is 69.5. The number of alkyl halides is 1. The van der Waals surface area contributed by atoms with Crippen molar-refractivity contribution < 1.29 is 65.9 Å². The lowest BCUT2D eigenvalue weighted by Gasteiger charge is -2.23. The van der Waals surface area contributed by atoms with Crippen molar-refractivity contribution in [3.05, 3.63) is 44.5 Å². The molecular formula is C20H30FN3O15P2S2. The fourth-order valence-corrected chi connectivity index (χ4v) is 6.41. The van der Waals surface area contributed by atoms with E-state index in [9.17, 15) is 38.2 Å². The van der Waals surface area contributed by atoms with E-state index in [4.69, 9.17) is 34.9 Å². The minimum Gasteiger partial charge on any atom is -0.460 e. The van der Waals surface area contributed by atoms with Gasteiger partial charge in [-0.2, -0.15) is 0 Å². The fourth-order valence-electron chi connectivity index (χ4n) is 3.35. The number of nitrogens with one attached hydrogen (secondary N) is 1. The summed E-state index contributed by atoms with van der Waals surface area (Å²) in [5.41, 5.74) is -4.19. The maximum atomic E-state index is 15.2.